The normalized spacial score (nSPS) is 20.6. The monoisotopic (exact) mass is 264 g/mol. The molecule has 1 aromatic heterocycles. The second-order valence-electron chi connectivity index (χ2n) is 6.42. The number of likely N-dealkylation sites (tertiary alicyclic amines) is 1. The van der Waals surface area contributed by atoms with Gasteiger partial charge in [0, 0.05) is 38.1 Å². The first-order valence-corrected chi connectivity index (χ1v) is 7.55. The van der Waals surface area contributed by atoms with Crippen molar-refractivity contribution in [1.29, 1.82) is 0 Å². The molecule has 4 heteroatoms. The Hall–Kier alpha value is -1.03. The summed E-state index contributed by atoms with van der Waals surface area (Å²) in [6.07, 6.45) is 5.26. The molecule has 0 aromatic carbocycles. The third-order valence-electron chi connectivity index (χ3n) is 3.87. The lowest BCUT2D eigenvalue weighted by Gasteiger charge is -2.20. The molecule has 1 atom stereocenters. The van der Waals surface area contributed by atoms with Crippen LogP contribution < -0.4 is 5.32 Å². The summed E-state index contributed by atoms with van der Waals surface area (Å²) in [6, 6.07) is 0.674. The first kappa shape index (κ1) is 14.4. The van der Waals surface area contributed by atoms with Crippen LogP contribution in [0, 0.1) is 11.8 Å². The Morgan fingerprint density at radius 3 is 2.79 bits per heavy atom. The van der Waals surface area contributed by atoms with E-state index in [2.05, 4.69) is 53.7 Å². The van der Waals surface area contributed by atoms with Crippen LogP contribution in [0.1, 0.15) is 34.1 Å². The van der Waals surface area contributed by atoms with Crippen molar-refractivity contribution < 1.29 is 0 Å². The number of nitrogens with one attached hydrogen (secondary N) is 1. The molecule has 0 aliphatic carbocycles. The smallest absolute Gasteiger partial charge is 0.202 e. The molecule has 0 amide bonds. The Labute approximate surface area is 117 Å². The zero-order valence-electron chi connectivity index (χ0n) is 12.8. The van der Waals surface area contributed by atoms with Crippen molar-refractivity contribution in [3.05, 3.63) is 12.4 Å². The lowest BCUT2D eigenvalue weighted by Crippen LogP contribution is -2.29. The van der Waals surface area contributed by atoms with Gasteiger partial charge in [0.05, 0.1) is 0 Å². The molecule has 1 unspecified atom stereocenters. The highest BCUT2D eigenvalue weighted by Gasteiger charge is 2.24. The van der Waals surface area contributed by atoms with Gasteiger partial charge in [-0.2, -0.15) is 0 Å². The van der Waals surface area contributed by atoms with Crippen LogP contribution in [0.15, 0.2) is 12.4 Å². The molecule has 0 bridgehead atoms. The summed E-state index contributed by atoms with van der Waals surface area (Å²) in [7, 11) is 0. The van der Waals surface area contributed by atoms with Crippen molar-refractivity contribution in [3.8, 4) is 0 Å². The summed E-state index contributed by atoms with van der Waals surface area (Å²) < 4.78 is 2.22. The number of rotatable bonds is 6. The summed E-state index contributed by atoms with van der Waals surface area (Å²) in [5, 5.41) is 3.53. The quantitative estimate of drug-likeness (QED) is 0.857. The molecule has 19 heavy (non-hydrogen) atoms. The minimum Gasteiger partial charge on any atom is -0.355 e. The summed E-state index contributed by atoms with van der Waals surface area (Å²) in [4.78, 5) is 6.99. The predicted molar refractivity (Wildman–Crippen MR) is 80.4 cm³/mol. The van der Waals surface area contributed by atoms with Gasteiger partial charge in [0.25, 0.3) is 0 Å². The Balaban J connectivity index is 1.81. The van der Waals surface area contributed by atoms with Gasteiger partial charge in [-0.25, -0.2) is 4.98 Å². The fourth-order valence-corrected chi connectivity index (χ4v) is 2.75. The third kappa shape index (κ3) is 3.96. The van der Waals surface area contributed by atoms with Gasteiger partial charge in [0.2, 0.25) is 5.95 Å². The zero-order valence-corrected chi connectivity index (χ0v) is 12.8. The zero-order chi connectivity index (χ0) is 13.8. The Morgan fingerprint density at radius 1 is 1.37 bits per heavy atom. The maximum Gasteiger partial charge on any atom is 0.202 e. The van der Waals surface area contributed by atoms with Crippen LogP contribution >= 0.6 is 0 Å². The van der Waals surface area contributed by atoms with Crippen molar-refractivity contribution >= 4 is 5.95 Å². The minimum atomic E-state index is 0.651. The van der Waals surface area contributed by atoms with E-state index in [0.29, 0.717) is 12.0 Å². The summed E-state index contributed by atoms with van der Waals surface area (Å²) in [5.74, 6) is 2.43. The van der Waals surface area contributed by atoms with Gasteiger partial charge in [-0.3, -0.25) is 0 Å². The fraction of sp³-hybridized carbons (Fsp3) is 0.800. The molecule has 2 rings (SSSR count). The Kier molecular flexibility index (Phi) is 4.86. The van der Waals surface area contributed by atoms with E-state index in [1.54, 1.807) is 0 Å². The SMILES string of the molecule is CC(C)Cn1ccnc1NCC1CCN(C(C)C)C1. The van der Waals surface area contributed by atoms with E-state index in [1.165, 1.54) is 19.5 Å². The number of aromatic nitrogens is 2. The molecule has 1 aliphatic rings. The number of hydrogen-bond donors (Lipinski definition) is 1. The first-order valence-electron chi connectivity index (χ1n) is 7.55. The van der Waals surface area contributed by atoms with Gasteiger partial charge in [-0.05, 0) is 38.6 Å². The van der Waals surface area contributed by atoms with Crippen LogP contribution in [0.4, 0.5) is 5.95 Å². The second-order valence-corrected chi connectivity index (χ2v) is 6.42. The van der Waals surface area contributed by atoms with E-state index in [4.69, 9.17) is 0 Å². The molecule has 1 aromatic rings. The molecule has 108 valence electrons. The Bertz CT molecular complexity index is 383. The van der Waals surface area contributed by atoms with Gasteiger partial charge in [-0.15, -0.1) is 0 Å². The van der Waals surface area contributed by atoms with Crippen LogP contribution in [0.25, 0.3) is 0 Å². The maximum atomic E-state index is 4.42. The molecule has 0 radical (unpaired) electrons. The van der Waals surface area contributed by atoms with Crippen molar-refractivity contribution in [1.82, 2.24) is 14.5 Å². The number of imidazole rings is 1. The highest BCUT2D eigenvalue weighted by atomic mass is 15.2. The van der Waals surface area contributed by atoms with E-state index < -0.39 is 0 Å². The highest BCUT2D eigenvalue weighted by Crippen LogP contribution is 2.19. The second kappa shape index (κ2) is 6.42. The molecule has 1 N–H and O–H groups in total. The largest absolute Gasteiger partial charge is 0.355 e. The summed E-state index contributed by atoms with van der Waals surface area (Å²) in [5.41, 5.74) is 0. The van der Waals surface area contributed by atoms with Crippen molar-refractivity contribution in [2.45, 2.75) is 46.7 Å². The molecule has 4 nitrogen and oxygen atoms in total. The van der Waals surface area contributed by atoms with E-state index in [-0.39, 0.29) is 0 Å². The van der Waals surface area contributed by atoms with Crippen LogP contribution in [0.3, 0.4) is 0 Å². The third-order valence-corrected chi connectivity index (χ3v) is 3.87. The highest BCUT2D eigenvalue weighted by molar-refractivity contribution is 5.26. The summed E-state index contributed by atoms with van der Waals surface area (Å²) >= 11 is 0. The van der Waals surface area contributed by atoms with Crippen molar-refractivity contribution in [2.75, 3.05) is 25.0 Å². The van der Waals surface area contributed by atoms with E-state index in [1.807, 2.05) is 6.20 Å². The fourth-order valence-electron chi connectivity index (χ4n) is 2.75. The minimum absolute atomic E-state index is 0.651. The number of nitrogens with zero attached hydrogens (tertiary/aromatic N) is 3. The lowest BCUT2D eigenvalue weighted by atomic mass is 10.1. The van der Waals surface area contributed by atoms with E-state index in [0.717, 1.165) is 25.0 Å². The first-order chi connectivity index (χ1) is 9.06. The van der Waals surface area contributed by atoms with E-state index >= 15 is 0 Å². The number of anilines is 1. The molecular formula is C15H28N4. The average molecular weight is 264 g/mol. The molecule has 1 aliphatic heterocycles. The van der Waals surface area contributed by atoms with Crippen molar-refractivity contribution in [3.63, 3.8) is 0 Å². The Morgan fingerprint density at radius 2 is 2.16 bits per heavy atom. The lowest BCUT2D eigenvalue weighted by molar-refractivity contribution is 0.266. The van der Waals surface area contributed by atoms with Crippen LogP contribution in [-0.4, -0.2) is 40.1 Å². The summed E-state index contributed by atoms with van der Waals surface area (Å²) in [6.45, 7) is 13.6. The molecular weight excluding hydrogens is 236 g/mol. The van der Waals surface area contributed by atoms with E-state index in [9.17, 15) is 0 Å². The van der Waals surface area contributed by atoms with Gasteiger partial charge >= 0.3 is 0 Å². The van der Waals surface area contributed by atoms with Gasteiger partial charge < -0.3 is 14.8 Å². The predicted octanol–water partition coefficient (Wildman–Crippen LogP) is 2.68. The number of hydrogen-bond acceptors (Lipinski definition) is 3. The van der Waals surface area contributed by atoms with Crippen LogP contribution in [0.2, 0.25) is 0 Å². The van der Waals surface area contributed by atoms with Gasteiger partial charge in [-0.1, -0.05) is 13.8 Å². The standard InChI is InChI=1S/C15H28N4/c1-12(2)10-19-8-6-16-15(19)17-9-14-5-7-18(11-14)13(3)4/h6,8,12-14H,5,7,9-11H2,1-4H3,(H,16,17). The van der Waals surface area contributed by atoms with Gasteiger partial charge in [0.15, 0.2) is 0 Å². The van der Waals surface area contributed by atoms with Gasteiger partial charge in [0.1, 0.15) is 0 Å². The molecule has 2 heterocycles. The van der Waals surface area contributed by atoms with Crippen molar-refractivity contribution in [2.24, 2.45) is 11.8 Å². The molecule has 1 fully saturated rings. The molecule has 1 saturated heterocycles. The topological polar surface area (TPSA) is 33.1 Å². The molecule has 0 saturated carbocycles. The van der Waals surface area contributed by atoms with Crippen LogP contribution in [-0.2, 0) is 6.54 Å². The maximum absolute atomic E-state index is 4.42. The average Bonchev–Trinajstić information content (AvgIpc) is 2.94. The molecule has 0 spiro atoms. The van der Waals surface area contributed by atoms with Crippen LogP contribution in [0.5, 0.6) is 0 Å².